The lowest BCUT2D eigenvalue weighted by molar-refractivity contribution is -0.149. The van der Waals surface area contributed by atoms with Crippen LogP contribution in [0.4, 0.5) is 0 Å². The van der Waals surface area contributed by atoms with E-state index in [0.29, 0.717) is 26.4 Å². The number of amides is 2. The van der Waals surface area contributed by atoms with Crippen LogP contribution in [0.1, 0.15) is 53.4 Å². The predicted molar refractivity (Wildman–Crippen MR) is 105 cm³/mol. The fourth-order valence-corrected chi connectivity index (χ4v) is 3.73. The molecule has 160 valence electrons. The molecule has 1 aliphatic heterocycles. The molecule has 0 bridgehead atoms. The van der Waals surface area contributed by atoms with Crippen LogP contribution in [0.2, 0.25) is 0 Å². The molecular formula is C21H35NO6. The van der Waals surface area contributed by atoms with Crippen LogP contribution >= 0.6 is 0 Å². The summed E-state index contributed by atoms with van der Waals surface area (Å²) >= 11 is 0. The van der Waals surface area contributed by atoms with Crippen LogP contribution in [-0.4, -0.2) is 73.6 Å². The van der Waals surface area contributed by atoms with Crippen molar-refractivity contribution in [2.75, 3.05) is 26.4 Å². The van der Waals surface area contributed by atoms with Crippen molar-refractivity contribution in [2.24, 2.45) is 0 Å². The van der Waals surface area contributed by atoms with Gasteiger partial charge in [0.25, 0.3) is 11.8 Å². The molecule has 7 heteroatoms. The first-order valence-corrected chi connectivity index (χ1v) is 10.6. The molecule has 1 aliphatic carbocycles. The molecule has 0 saturated heterocycles. The van der Waals surface area contributed by atoms with E-state index >= 15 is 0 Å². The van der Waals surface area contributed by atoms with Crippen molar-refractivity contribution in [2.45, 2.75) is 83.8 Å². The third-order valence-electron chi connectivity index (χ3n) is 4.84. The second-order valence-electron chi connectivity index (χ2n) is 7.21. The van der Waals surface area contributed by atoms with Gasteiger partial charge in [-0.3, -0.25) is 14.5 Å². The maximum atomic E-state index is 12.5. The first kappa shape index (κ1) is 23.0. The molecule has 1 fully saturated rings. The minimum absolute atomic E-state index is 0.337. The SMILES string of the molecule is CCCO[C@@H]1[C@@H](OCCC)[C@@H](OCCC)C(N2C(=O)C=CC2=O)[C@@H]1OCCC. The summed E-state index contributed by atoms with van der Waals surface area (Å²) in [5.41, 5.74) is 0. The first-order chi connectivity index (χ1) is 13.6. The Labute approximate surface area is 168 Å². The number of imide groups is 1. The monoisotopic (exact) mass is 397 g/mol. The highest BCUT2D eigenvalue weighted by Crippen LogP contribution is 2.36. The molecule has 0 aromatic heterocycles. The Bertz CT molecular complexity index is 493. The fraction of sp³-hybridized carbons (Fsp3) is 0.810. The molecule has 28 heavy (non-hydrogen) atoms. The number of carbonyl (C=O) groups is 2. The van der Waals surface area contributed by atoms with Crippen molar-refractivity contribution in [3.05, 3.63) is 12.2 Å². The Morgan fingerprint density at radius 2 is 0.964 bits per heavy atom. The Morgan fingerprint density at radius 1 is 0.643 bits per heavy atom. The molecule has 2 amide bonds. The highest BCUT2D eigenvalue weighted by Gasteiger charge is 2.58. The van der Waals surface area contributed by atoms with E-state index in [4.69, 9.17) is 18.9 Å². The summed E-state index contributed by atoms with van der Waals surface area (Å²) in [6, 6.07) is -0.572. The van der Waals surface area contributed by atoms with Crippen LogP contribution in [-0.2, 0) is 28.5 Å². The Kier molecular flexibility index (Phi) is 9.58. The standard InChI is InChI=1S/C21H35NO6/c1-5-11-25-18-17(22-15(23)9-10-16(22)24)19(26-12-6-2)21(28-14-8-4)20(18)27-13-7-3/h9-10,17-21H,5-8,11-14H2,1-4H3/t18-,19-,20-,21-/m0/s1. The van der Waals surface area contributed by atoms with E-state index in [-0.39, 0.29) is 11.8 Å². The van der Waals surface area contributed by atoms with Gasteiger partial charge in [0.2, 0.25) is 0 Å². The molecule has 7 nitrogen and oxygen atoms in total. The van der Waals surface area contributed by atoms with Gasteiger partial charge in [0, 0.05) is 38.6 Å². The van der Waals surface area contributed by atoms with Gasteiger partial charge in [-0.25, -0.2) is 0 Å². The molecule has 2 aliphatic rings. The van der Waals surface area contributed by atoms with Gasteiger partial charge in [-0.2, -0.15) is 0 Å². The number of hydrogen-bond acceptors (Lipinski definition) is 6. The summed E-state index contributed by atoms with van der Waals surface area (Å²) < 4.78 is 24.6. The molecular weight excluding hydrogens is 362 g/mol. The van der Waals surface area contributed by atoms with E-state index < -0.39 is 30.5 Å². The quantitative estimate of drug-likeness (QED) is 0.445. The topological polar surface area (TPSA) is 74.3 Å². The summed E-state index contributed by atoms with van der Waals surface area (Å²) in [6.07, 6.45) is 4.20. The number of carbonyl (C=O) groups excluding carboxylic acids is 2. The molecule has 0 spiro atoms. The zero-order chi connectivity index (χ0) is 20.5. The van der Waals surface area contributed by atoms with Gasteiger partial charge in [-0.05, 0) is 25.7 Å². The number of rotatable bonds is 13. The predicted octanol–water partition coefficient (Wildman–Crippen LogP) is 2.47. The normalized spacial score (nSPS) is 30.0. The van der Waals surface area contributed by atoms with Gasteiger partial charge in [0.1, 0.15) is 24.4 Å². The largest absolute Gasteiger partial charge is 0.373 e. The Balaban J connectivity index is 2.39. The average molecular weight is 398 g/mol. The van der Waals surface area contributed by atoms with Gasteiger partial charge in [0.05, 0.1) is 6.04 Å². The Morgan fingerprint density at radius 3 is 1.29 bits per heavy atom. The maximum absolute atomic E-state index is 12.5. The van der Waals surface area contributed by atoms with E-state index in [0.717, 1.165) is 25.7 Å². The summed E-state index contributed by atoms with van der Waals surface area (Å²) in [7, 11) is 0. The van der Waals surface area contributed by atoms with Crippen molar-refractivity contribution in [3.63, 3.8) is 0 Å². The molecule has 0 N–H and O–H groups in total. The van der Waals surface area contributed by atoms with Crippen LogP contribution in [0.3, 0.4) is 0 Å². The van der Waals surface area contributed by atoms with Crippen molar-refractivity contribution in [1.29, 1.82) is 0 Å². The second kappa shape index (κ2) is 11.7. The van der Waals surface area contributed by atoms with Gasteiger partial charge in [0.15, 0.2) is 0 Å². The molecule has 4 atom stereocenters. The minimum Gasteiger partial charge on any atom is -0.373 e. The second-order valence-corrected chi connectivity index (χ2v) is 7.21. The average Bonchev–Trinajstić information content (AvgIpc) is 3.16. The molecule has 0 aromatic rings. The lowest BCUT2D eigenvalue weighted by atomic mass is 10.1. The number of hydrogen-bond donors (Lipinski definition) is 0. The maximum Gasteiger partial charge on any atom is 0.254 e. The first-order valence-electron chi connectivity index (χ1n) is 10.6. The van der Waals surface area contributed by atoms with Crippen molar-refractivity contribution in [1.82, 2.24) is 4.90 Å². The minimum atomic E-state index is -0.572. The third kappa shape index (κ3) is 5.20. The van der Waals surface area contributed by atoms with Crippen molar-refractivity contribution < 1.29 is 28.5 Å². The van der Waals surface area contributed by atoms with Crippen molar-refractivity contribution in [3.8, 4) is 0 Å². The number of ether oxygens (including phenoxy) is 4. The molecule has 1 heterocycles. The van der Waals surface area contributed by atoms with Crippen molar-refractivity contribution >= 4 is 11.8 Å². The third-order valence-corrected chi connectivity index (χ3v) is 4.84. The molecule has 0 radical (unpaired) electrons. The molecule has 1 saturated carbocycles. The fourth-order valence-electron chi connectivity index (χ4n) is 3.73. The van der Waals surface area contributed by atoms with E-state index in [9.17, 15) is 9.59 Å². The van der Waals surface area contributed by atoms with Crippen LogP contribution in [0.25, 0.3) is 0 Å². The van der Waals surface area contributed by atoms with E-state index in [1.165, 1.54) is 17.1 Å². The van der Waals surface area contributed by atoms with Gasteiger partial charge >= 0.3 is 0 Å². The zero-order valence-electron chi connectivity index (χ0n) is 17.6. The van der Waals surface area contributed by atoms with Crippen LogP contribution in [0, 0.1) is 0 Å². The van der Waals surface area contributed by atoms with Crippen LogP contribution < -0.4 is 0 Å². The van der Waals surface area contributed by atoms with E-state index in [1.54, 1.807) is 0 Å². The molecule has 0 aromatic carbocycles. The summed E-state index contributed by atoms with van der Waals surface area (Å²) in [5, 5.41) is 0. The number of nitrogens with zero attached hydrogens (tertiary/aromatic N) is 1. The lowest BCUT2D eigenvalue weighted by Crippen LogP contribution is -2.53. The highest BCUT2D eigenvalue weighted by atomic mass is 16.6. The smallest absolute Gasteiger partial charge is 0.254 e. The van der Waals surface area contributed by atoms with Crippen LogP contribution in [0.15, 0.2) is 12.2 Å². The molecule has 2 rings (SSSR count). The van der Waals surface area contributed by atoms with Gasteiger partial charge in [-0.1, -0.05) is 27.7 Å². The summed E-state index contributed by atoms with van der Waals surface area (Å²) in [5.74, 6) is -0.675. The highest BCUT2D eigenvalue weighted by molar-refractivity contribution is 6.13. The van der Waals surface area contributed by atoms with Gasteiger partial charge in [-0.15, -0.1) is 0 Å². The van der Waals surface area contributed by atoms with Gasteiger partial charge < -0.3 is 18.9 Å². The van der Waals surface area contributed by atoms with E-state index in [1.807, 2.05) is 27.7 Å². The lowest BCUT2D eigenvalue weighted by Gasteiger charge is -2.32. The van der Waals surface area contributed by atoms with Crippen LogP contribution in [0.5, 0.6) is 0 Å². The van der Waals surface area contributed by atoms with E-state index in [2.05, 4.69) is 0 Å². The summed E-state index contributed by atoms with van der Waals surface area (Å²) in [6.45, 7) is 10.3. The zero-order valence-corrected chi connectivity index (χ0v) is 17.6. The summed E-state index contributed by atoms with van der Waals surface area (Å²) in [4.78, 5) is 26.2. The molecule has 0 unspecified atom stereocenters. The Hall–Kier alpha value is -1.28.